The van der Waals surface area contributed by atoms with Gasteiger partial charge in [-0.1, -0.05) is 0 Å². The Morgan fingerprint density at radius 2 is 1.82 bits per heavy atom. The first-order chi connectivity index (χ1) is 10.2. The van der Waals surface area contributed by atoms with Crippen LogP contribution in [0.1, 0.15) is 18.4 Å². The molecule has 0 atom stereocenters. The van der Waals surface area contributed by atoms with E-state index in [0.717, 1.165) is 12.1 Å². The second kappa shape index (κ2) is 5.99. The minimum absolute atomic E-state index is 0.168. The van der Waals surface area contributed by atoms with Crippen LogP contribution in [0, 0.1) is 0 Å². The lowest BCUT2D eigenvalue weighted by molar-refractivity contribution is -0.137. The molecule has 0 saturated heterocycles. The maximum Gasteiger partial charge on any atom is 0.416 e. The number of hydrogen-bond acceptors (Lipinski definition) is 4. The van der Waals surface area contributed by atoms with Crippen LogP contribution < -0.4 is 4.72 Å². The highest BCUT2D eigenvalue weighted by Gasteiger charge is 2.31. The van der Waals surface area contributed by atoms with Gasteiger partial charge in [-0.15, -0.1) is 0 Å². The highest BCUT2D eigenvalue weighted by atomic mass is 32.2. The SMILES string of the molecule is O=C(NS(=O)(=O)c1ccc(C(F)(F)F)cc1)C1=COCCC1. The van der Waals surface area contributed by atoms with Crippen LogP contribution in [0.2, 0.25) is 0 Å². The van der Waals surface area contributed by atoms with E-state index < -0.39 is 32.6 Å². The standard InChI is InChI=1S/C13H12F3NO4S/c14-13(15,16)10-3-5-11(6-4-10)22(19,20)17-12(18)9-2-1-7-21-8-9/h3-6,8H,1-2,7H2,(H,17,18). The van der Waals surface area contributed by atoms with E-state index >= 15 is 0 Å². The third kappa shape index (κ3) is 3.79. The molecule has 0 aromatic heterocycles. The third-order valence-electron chi connectivity index (χ3n) is 2.94. The zero-order valence-corrected chi connectivity index (χ0v) is 12.0. The average Bonchev–Trinajstić information content (AvgIpc) is 2.47. The number of carbonyl (C=O) groups excluding carboxylic acids is 1. The summed E-state index contributed by atoms with van der Waals surface area (Å²) < 4.78 is 68.0. The van der Waals surface area contributed by atoms with Crippen LogP contribution >= 0.6 is 0 Å². The Balaban J connectivity index is 2.16. The normalized spacial score (nSPS) is 15.7. The number of sulfonamides is 1. The first kappa shape index (κ1) is 16.3. The van der Waals surface area contributed by atoms with Crippen LogP contribution in [0.3, 0.4) is 0 Å². The minimum Gasteiger partial charge on any atom is -0.501 e. The minimum atomic E-state index is -4.56. The zero-order chi connectivity index (χ0) is 16.4. The van der Waals surface area contributed by atoms with Gasteiger partial charge < -0.3 is 4.74 Å². The molecule has 1 aromatic carbocycles. The summed E-state index contributed by atoms with van der Waals surface area (Å²) >= 11 is 0. The highest BCUT2D eigenvalue weighted by Crippen LogP contribution is 2.29. The van der Waals surface area contributed by atoms with Crippen LogP contribution in [-0.4, -0.2) is 20.9 Å². The Bertz CT molecular complexity index is 693. The van der Waals surface area contributed by atoms with Gasteiger partial charge >= 0.3 is 6.18 Å². The second-order valence-corrected chi connectivity index (χ2v) is 6.26. The predicted molar refractivity (Wildman–Crippen MR) is 70.0 cm³/mol. The molecule has 1 aliphatic rings. The molecule has 5 nitrogen and oxygen atoms in total. The lowest BCUT2D eigenvalue weighted by Crippen LogP contribution is -2.32. The van der Waals surface area contributed by atoms with Crippen molar-refractivity contribution in [2.24, 2.45) is 0 Å². The van der Waals surface area contributed by atoms with Gasteiger partial charge in [0, 0.05) is 0 Å². The van der Waals surface area contributed by atoms with Gasteiger partial charge in [0.2, 0.25) is 0 Å². The van der Waals surface area contributed by atoms with Gasteiger partial charge in [-0.05, 0) is 37.1 Å². The smallest absolute Gasteiger partial charge is 0.416 e. The van der Waals surface area contributed by atoms with Crippen molar-refractivity contribution < 1.29 is 31.1 Å². The van der Waals surface area contributed by atoms with E-state index in [2.05, 4.69) is 0 Å². The van der Waals surface area contributed by atoms with Crippen molar-refractivity contribution in [3.63, 3.8) is 0 Å². The summed E-state index contributed by atoms with van der Waals surface area (Å²) in [5.74, 6) is -0.848. The number of benzene rings is 1. The number of ether oxygens (including phenoxy) is 1. The second-order valence-electron chi connectivity index (χ2n) is 4.57. The summed E-state index contributed by atoms with van der Waals surface area (Å²) in [5.41, 5.74) is -0.803. The van der Waals surface area contributed by atoms with Crippen molar-refractivity contribution in [3.05, 3.63) is 41.7 Å². The molecule has 0 spiro atoms. The van der Waals surface area contributed by atoms with Crippen molar-refractivity contribution in [1.82, 2.24) is 4.72 Å². The van der Waals surface area contributed by atoms with Crippen LogP contribution in [0.25, 0.3) is 0 Å². The molecular formula is C13H12F3NO4S. The van der Waals surface area contributed by atoms with Gasteiger partial charge in [0.25, 0.3) is 15.9 Å². The molecular weight excluding hydrogens is 323 g/mol. The van der Waals surface area contributed by atoms with Gasteiger partial charge in [0.1, 0.15) is 0 Å². The lowest BCUT2D eigenvalue weighted by atomic mass is 10.1. The van der Waals surface area contributed by atoms with Crippen molar-refractivity contribution in [2.45, 2.75) is 23.9 Å². The Hall–Kier alpha value is -2.03. The molecule has 1 aromatic rings. The fourth-order valence-corrected chi connectivity index (χ4v) is 2.79. The number of halogens is 3. The monoisotopic (exact) mass is 335 g/mol. The summed E-state index contributed by atoms with van der Waals surface area (Å²) in [4.78, 5) is 11.4. The lowest BCUT2D eigenvalue weighted by Gasteiger charge is -2.14. The predicted octanol–water partition coefficient (Wildman–Crippen LogP) is 2.20. The fourth-order valence-electron chi connectivity index (χ4n) is 1.80. The van der Waals surface area contributed by atoms with E-state index in [1.807, 2.05) is 0 Å². The molecule has 22 heavy (non-hydrogen) atoms. The molecule has 1 amide bonds. The molecule has 120 valence electrons. The van der Waals surface area contributed by atoms with E-state index in [-0.39, 0.29) is 5.57 Å². The van der Waals surface area contributed by atoms with Crippen molar-refractivity contribution in [1.29, 1.82) is 0 Å². The molecule has 0 saturated carbocycles. The van der Waals surface area contributed by atoms with E-state index in [4.69, 9.17) is 4.74 Å². The Kier molecular flexibility index (Phi) is 4.45. The molecule has 1 heterocycles. The molecule has 9 heteroatoms. The van der Waals surface area contributed by atoms with Gasteiger partial charge in [-0.3, -0.25) is 4.79 Å². The Morgan fingerprint density at radius 3 is 2.32 bits per heavy atom. The summed E-state index contributed by atoms with van der Waals surface area (Å²) in [7, 11) is -4.23. The molecule has 0 fully saturated rings. The van der Waals surface area contributed by atoms with E-state index in [9.17, 15) is 26.4 Å². The summed E-state index contributed by atoms with van der Waals surface area (Å²) in [6.45, 7) is 0.447. The van der Waals surface area contributed by atoms with Crippen LogP contribution in [-0.2, 0) is 25.7 Å². The fraction of sp³-hybridized carbons (Fsp3) is 0.308. The number of hydrogen-bond donors (Lipinski definition) is 1. The summed E-state index contributed by atoms with van der Waals surface area (Å²) in [6.07, 6.45) is -2.43. The number of rotatable bonds is 3. The van der Waals surface area contributed by atoms with E-state index in [0.29, 0.717) is 31.6 Å². The largest absolute Gasteiger partial charge is 0.501 e. The maximum absolute atomic E-state index is 12.4. The van der Waals surface area contributed by atoms with Crippen molar-refractivity contribution in [3.8, 4) is 0 Å². The summed E-state index contributed by atoms with van der Waals surface area (Å²) in [6, 6.07) is 2.87. The van der Waals surface area contributed by atoms with Crippen LogP contribution in [0.5, 0.6) is 0 Å². The molecule has 0 bridgehead atoms. The molecule has 0 unspecified atom stereocenters. The average molecular weight is 335 g/mol. The number of nitrogens with one attached hydrogen (secondary N) is 1. The van der Waals surface area contributed by atoms with Crippen LogP contribution in [0.4, 0.5) is 13.2 Å². The first-order valence-electron chi connectivity index (χ1n) is 6.25. The number of carbonyl (C=O) groups is 1. The molecule has 0 aliphatic carbocycles. The molecule has 0 radical (unpaired) electrons. The zero-order valence-electron chi connectivity index (χ0n) is 11.2. The van der Waals surface area contributed by atoms with Crippen molar-refractivity contribution in [2.75, 3.05) is 6.61 Å². The van der Waals surface area contributed by atoms with E-state index in [1.165, 1.54) is 6.26 Å². The maximum atomic E-state index is 12.4. The van der Waals surface area contributed by atoms with Crippen molar-refractivity contribution >= 4 is 15.9 Å². The first-order valence-corrected chi connectivity index (χ1v) is 7.73. The highest BCUT2D eigenvalue weighted by molar-refractivity contribution is 7.90. The third-order valence-corrected chi connectivity index (χ3v) is 4.29. The van der Waals surface area contributed by atoms with Gasteiger partial charge in [-0.2, -0.15) is 13.2 Å². The molecule has 2 rings (SSSR count). The Morgan fingerprint density at radius 1 is 1.18 bits per heavy atom. The topological polar surface area (TPSA) is 72.5 Å². The molecule has 1 N–H and O–H groups in total. The van der Waals surface area contributed by atoms with Gasteiger partial charge in [-0.25, -0.2) is 13.1 Å². The number of amides is 1. The van der Waals surface area contributed by atoms with Gasteiger partial charge in [0.05, 0.1) is 28.9 Å². The Labute approximate surface area is 124 Å². The van der Waals surface area contributed by atoms with Crippen LogP contribution in [0.15, 0.2) is 41.0 Å². The van der Waals surface area contributed by atoms with Gasteiger partial charge in [0.15, 0.2) is 0 Å². The number of alkyl halides is 3. The molecule has 1 aliphatic heterocycles. The van der Waals surface area contributed by atoms with E-state index in [1.54, 1.807) is 4.72 Å². The summed E-state index contributed by atoms with van der Waals surface area (Å²) in [5, 5.41) is 0. The quantitative estimate of drug-likeness (QED) is 0.919.